The maximum Gasteiger partial charge on any atom is 0.137 e. The Kier molecular flexibility index (Phi) is 23.8. The van der Waals surface area contributed by atoms with Crippen LogP contribution in [0.5, 0.6) is 0 Å². The molecule has 0 bridgehead atoms. The molecule has 0 radical (unpaired) electrons. The molecule has 0 spiro atoms. The van der Waals surface area contributed by atoms with E-state index in [1.807, 2.05) is 34.8 Å². The second kappa shape index (κ2) is 39.5. The van der Waals surface area contributed by atoms with Gasteiger partial charge >= 0.3 is 0 Å². The van der Waals surface area contributed by atoms with Crippen LogP contribution in [0.2, 0.25) is 0 Å². The Bertz CT molecular complexity index is 9370. The molecule has 3 heterocycles. The van der Waals surface area contributed by atoms with Crippen molar-refractivity contribution in [2.45, 2.75) is 0 Å². The van der Waals surface area contributed by atoms with Gasteiger partial charge in [-0.1, -0.05) is 413 Å². The van der Waals surface area contributed by atoms with Crippen LogP contribution in [-0.4, -0.2) is 0 Å². The highest BCUT2D eigenvalue weighted by Crippen LogP contribution is 2.51. The molecular weight excluding hydrogens is 1830 g/mol. The molecule has 6 heteroatoms. The largest absolute Gasteiger partial charge is 0.456 e. The average Bonchev–Trinajstić information content (AvgIpc) is 1.58. The van der Waals surface area contributed by atoms with Gasteiger partial charge < -0.3 is 19.1 Å². The molecule has 25 aromatic carbocycles. The molecule has 28 rings (SSSR count). The summed E-state index contributed by atoms with van der Waals surface area (Å²) in [6.07, 6.45) is 0. The summed E-state index contributed by atoms with van der Waals surface area (Å²) in [4.78, 5) is 7.14. The van der Waals surface area contributed by atoms with Gasteiger partial charge in [0.25, 0.3) is 0 Å². The summed E-state index contributed by atoms with van der Waals surface area (Å²) in [5, 5.41) is 17.4. The van der Waals surface area contributed by atoms with E-state index in [2.05, 4.69) is 579 Å². The van der Waals surface area contributed by atoms with Gasteiger partial charge in [0.1, 0.15) is 11.2 Å². The Labute approximate surface area is 868 Å². The molecule has 148 heavy (non-hydrogen) atoms. The number of hydrogen-bond donors (Lipinski definition) is 0. The SMILES string of the molecule is c1ccc(-c2cc(-c3ccc(N(c4ccc(-c5cccc6ccccc56)cc4)c4ccc5c(c4)sc4ccccc45)cc3)cc3ccccc23)cc1.c1ccc(-c2ccc(N(c3ccc(-c4cc(-c5ccccc5)c5ccccc5c4)cc3)c3cccc4oc5ccccc5c34)cc2)cc1.c1ccc(-c2ccc(N(c3ccc(-c4cc(-c5ccccc5)c5ccccc5c4)cc3)c3cccc4sc5ccccc5c34)cc2)cc1. The van der Waals surface area contributed by atoms with Crippen molar-refractivity contribution in [2.24, 2.45) is 0 Å². The molecule has 0 atom stereocenters. The fraction of sp³-hybridized carbons (Fsp3) is 0. The molecule has 4 nitrogen and oxygen atoms in total. The number of anilines is 9. The van der Waals surface area contributed by atoms with E-state index in [0.717, 1.165) is 67.4 Å². The van der Waals surface area contributed by atoms with Crippen LogP contribution in [0.25, 0.3) is 206 Å². The molecule has 0 fully saturated rings. The zero-order valence-corrected chi connectivity index (χ0v) is 82.5. The lowest BCUT2D eigenvalue weighted by Crippen LogP contribution is -2.10. The number of para-hydroxylation sites is 1. The van der Waals surface area contributed by atoms with Crippen LogP contribution in [0.3, 0.4) is 0 Å². The summed E-state index contributed by atoms with van der Waals surface area (Å²) in [6.45, 7) is 0. The molecule has 0 aliphatic rings. The van der Waals surface area contributed by atoms with Gasteiger partial charge in [-0.15, -0.1) is 22.7 Å². The smallest absolute Gasteiger partial charge is 0.137 e. The van der Waals surface area contributed by atoms with Crippen molar-refractivity contribution in [2.75, 3.05) is 14.7 Å². The molecular formula is C142H95N3OS2. The van der Waals surface area contributed by atoms with E-state index in [4.69, 9.17) is 4.42 Å². The number of thiophene rings is 2. The fourth-order valence-corrected chi connectivity index (χ4v) is 23.9. The topological polar surface area (TPSA) is 22.9 Å². The number of fused-ring (bicyclic) bond motifs is 13. The van der Waals surface area contributed by atoms with Crippen LogP contribution < -0.4 is 14.7 Å². The third-order valence-electron chi connectivity index (χ3n) is 28.8. The van der Waals surface area contributed by atoms with E-state index >= 15 is 0 Å². The fourth-order valence-electron chi connectivity index (χ4n) is 21.6. The molecule has 0 saturated carbocycles. The van der Waals surface area contributed by atoms with Gasteiger partial charge in [-0.2, -0.15) is 0 Å². The number of nitrogens with zero attached hydrogens (tertiary/aromatic N) is 3. The molecule has 696 valence electrons. The van der Waals surface area contributed by atoms with Crippen LogP contribution in [0.1, 0.15) is 0 Å². The zero-order chi connectivity index (χ0) is 98.2. The van der Waals surface area contributed by atoms with Gasteiger partial charge in [-0.05, 0) is 307 Å². The van der Waals surface area contributed by atoms with Crippen molar-refractivity contribution in [3.8, 4) is 100 Å². The Morgan fingerprint density at radius 3 is 0.858 bits per heavy atom. The molecule has 0 amide bonds. The lowest BCUT2D eigenvalue weighted by Gasteiger charge is -2.27. The lowest BCUT2D eigenvalue weighted by atomic mass is 9.93. The third-order valence-corrected chi connectivity index (χ3v) is 31.0. The quantitative estimate of drug-likeness (QED) is 0.0854. The van der Waals surface area contributed by atoms with Gasteiger partial charge in [0, 0.05) is 85.5 Å². The van der Waals surface area contributed by atoms with Crippen LogP contribution in [-0.2, 0) is 0 Å². The Morgan fingerprint density at radius 2 is 0.412 bits per heavy atom. The zero-order valence-electron chi connectivity index (χ0n) is 80.9. The Balaban J connectivity index is 0.000000112. The van der Waals surface area contributed by atoms with E-state index in [9.17, 15) is 0 Å². The van der Waals surface area contributed by atoms with Gasteiger partial charge in [0.15, 0.2) is 0 Å². The van der Waals surface area contributed by atoms with E-state index in [-0.39, 0.29) is 0 Å². The van der Waals surface area contributed by atoms with E-state index < -0.39 is 0 Å². The second-order valence-electron chi connectivity index (χ2n) is 37.7. The minimum absolute atomic E-state index is 0.876. The van der Waals surface area contributed by atoms with Gasteiger partial charge in [0.05, 0.1) is 16.8 Å². The van der Waals surface area contributed by atoms with Crippen molar-refractivity contribution in [3.05, 3.63) is 576 Å². The highest BCUT2D eigenvalue weighted by Gasteiger charge is 2.25. The van der Waals surface area contributed by atoms with Gasteiger partial charge in [0.2, 0.25) is 0 Å². The molecule has 0 saturated heterocycles. The molecule has 0 aliphatic carbocycles. The maximum atomic E-state index is 6.33. The van der Waals surface area contributed by atoms with Crippen LogP contribution in [0, 0.1) is 0 Å². The normalized spacial score (nSPS) is 11.4. The first-order valence-corrected chi connectivity index (χ1v) is 52.1. The minimum atomic E-state index is 0.876. The van der Waals surface area contributed by atoms with E-state index in [1.165, 1.54) is 189 Å². The van der Waals surface area contributed by atoms with Crippen molar-refractivity contribution in [1.29, 1.82) is 0 Å². The number of rotatable bonds is 18. The second-order valence-corrected chi connectivity index (χ2v) is 39.8. The van der Waals surface area contributed by atoms with Crippen molar-refractivity contribution in [1.82, 2.24) is 0 Å². The van der Waals surface area contributed by atoms with Gasteiger partial charge in [-0.3, -0.25) is 0 Å². The van der Waals surface area contributed by atoms with Crippen LogP contribution in [0.15, 0.2) is 581 Å². The predicted molar refractivity (Wildman–Crippen MR) is 635 cm³/mol. The monoisotopic (exact) mass is 1920 g/mol. The summed E-state index contributed by atoms with van der Waals surface area (Å²) >= 11 is 3.71. The Morgan fingerprint density at radius 1 is 0.135 bits per heavy atom. The Hall–Kier alpha value is -18.8. The van der Waals surface area contributed by atoms with E-state index in [0.29, 0.717) is 0 Å². The van der Waals surface area contributed by atoms with Crippen LogP contribution in [0.4, 0.5) is 51.2 Å². The standard InChI is InChI=1S/C50H33NS.C46H31NO.C46H31NS/c1-2-11-36(12-3-1)48-32-39(31-38-14-5-7-17-45(38)48)34-21-25-40(26-22-34)51(42-29-30-47-46-18-8-9-20-49(46)52-50(47)33-42)41-27-23-37(24-28-41)44-19-10-15-35-13-4-6-16-43(35)44;2*1-3-12-32(13-4-1)33-22-26-38(27-23-33)47(43-19-11-21-45-46(43)41-18-9-10-20-44(41)48-45)39-28-24-34(25-29-39)37-30-36-16-7-8-17-40(36)42(31-37)35-14-5-2-6-15-35/h1-33H;2*1-31H. The first kappa shape index (κ1) is 89.3. The molecule has 28 aromatic rings. The molecule has 0 aliphatic heterocycles. The summed E-state index contributed by atoms with van der Waals surface area (Å²) < 4.78 is 11.5. The number of benzene rings is 25. The third kappa shape index (κ3) is 17.4. The van der Waals surface area contributed by atoms with Gasteiger partial charge in [-0.25, -0.2) is 0 Å². The number of hydrogen-bond acceptors (Lipinski definition) is 6. The van der Waals surface area contributed by atoms with Crippen molar-refractivity contribution >= 4 is 179 Å². The predicted octanol–water partition coefficient (Wildman–Crippen LogP) is 41.7. The summed E-state index contributed by atoms with van der Waals surface area (Å²) in [5.74, 6) is 0. The minimum Gasteiger partial charge on any atom is -0.456 e. The van der Waals surface area contributed by atoms with Crippen molar-refractivity contribution in [3.63, 3.8) is 0 Å². The average molecular weight is 1920 g/mol. The maximum absolute atomic E-state index is 6.33. The van der Waals surface area contributed by atoms with Crippen LogP contribution >= 0.6 is 22.7 Å². The summed E-state index contributed by atoms with van der Waals surface area (Å²) in [5.41, 5.74) is 33.7. The molecule has 3 aromatic heterocycles. The number of furan rings is 1. The summed E-state index contributed by atoms with van der Waals surface area (Å²) in [7, 11) is 0. The van der Waals surface area contributed by atoms with E-state index in [1.54, 1.807) is 0 Å². The van der Waals surface area contributed by atoms with Crippen molar-refractivity contribution < 1.29 is 4.42 Å². The summed E-state index contributed by atoms with van der Waals surface area (Å²) in [6, 6.07) is 208. The lowest BCUT2D eigenvalue weighted by molar-refractivity contribution is 0.669. The molecule has 0 N–H and O–H groups in total. The highest BCUT2D eigenvalue weighted by atomic mass is 32.1. The first-order valence-electron chi connectivity index (χ1n) is 50.4. The first-order chi connectivity index (χ1) is 73.4. The highest BCUT2D eigenvalue weighted by molar-refractivity contribution is 7.26. The molecule has 0 unspecified atom stereocenters.